The Morgan fingerprint density at radius 2 is 1.22 bits per heavy atom. The van der Waals surface area contributed by atoms with E-state index in [0.717, 1.165) is 16.7 Å². The van der Waals surface area contributed by atoms with E-state index in [2.05, 4.69) is 6.58 Å². The number of hydrogen-bond donors (Lipinski definition) is 2. The third-order valence-corrected chi connectivity index (χ3v) is 4.99. The van der Waals surface area contributed by atoms with E-state index in [1.54, 1.807) is 0 Å². The maximum atomic E-state index is 11.8. The van der Waals surface area contributed by atoms with Crippen LogP contribution < -0.4 is 11.5 Å². The predicted octanol–water partition coefficient (Wildman–Crippen LogP) is 4.04. The minimum atomic E-state index is -1.14. The summed E-state index contributed by atoms with van der Waals surface area (Å²) in [6.07, 6.45) is 0.952. The molecule has 0 saturated heterocycles. The summed E-state index contributed by atoms with van der Waals surface area (Å²) in [6, 6.07) is 18.6. The molecule has 0 aliphatic heterocycles. The molecule has 0 heterocycles. The third kappa shape index (κ3) is 7.04. The molecular formula is C26H36N2O4. The van der Waals surface area contributed by atoms with Gasteiger partial charge in [-0.05, 0) is 30.4 Å². The van der Waals surface area contributed by atoms with Crippen LogP contribution in [0.4, 0.5) is 0 Å². The molecule has 0 amide bonds. The van der Waals surface area contributed by atoms with Crippen LogP contribution in [-0.2, 0) is 30.1 Å². The monoisotopic (exact) mass is 440 g/mol. The van der Waals surface area contributed by atoms with Crippen LogP contribution in [0, 0.1) is 5.92 Å². The largest absolute Gasteiger partial charge is 0.467 e. The first-order valence-electron chi connectivity index (χ1n) is 10.5. The number of methoxy groups -OCH3 is 2. The average molecular weight is 441 g/mol. The van der Waals surface area contributed by atoms with Gasteiger partial charge in [-0.3, -0.25) is 0 Å². The fourth-order valence-electron chi connectivity index (χ4n) is 3.57. The minimum Gasteiger partial charge on any atom is -0.467 e. The first-order valence-corrected chi connectivity index (χ1v) is 10.5. The molecule has 2 rings (SSSR count). The molecule has 4 N–H and O–H groups in total. The van der Waals surface area contributed by atoms with Gasteiger partial charge in [-0.1, -0.05) is 80.1 Å². The quantitative estimate of drug-likeness (QED) is 0.474. The van der Waals surface area contributed by atoms with Gasteiger partial charge in [0.2, 0.25) is 0 Å². The van der Waals surface area contributed by atoms with Crippen molar-refractivity contribution in [2.75, 3.05) is 14.2 Å². The van der Waals surface area contributed by atoms with E-state index in [-0.39, 0.29) is 5.97 Å². The average Bonchev–Trinajstić information content (AvgIpc) is 2.78. The number of carbonyl (C=O) groups excluding carboxylic acids is 2. The lowest BCUT2D eigenvalue weighted by atomic mass is 9.83. The molecule has 0 bridgehead atoms. The van der Waals surface area contributed by atoms with Crippen molar-refractivity contribution < 1.29 is 19.1 Å². The maximum absolute atomic E-state index is 11.8. The van der Waals surface area contributed by atoms with Crippen LogP contribution in [0.5, 0.6) is 0 Å². The van der Waals surface area contributed by atoms with Crippen molar-refractivity contribution in [2.45, 2.75) is 44.7 Å². The van der Waals surface area contributed by atoms with Crippen LogP contribution in [-0.4, -0.2) is 26.2 Å². The van der Waals surface area contributed by atoms with E-state index < -0.39 is 17.0 Å². The van der Waals surface area contributed by atoms with Gasteiger partial charge in [0.15, 0.2) is 0 Å². The second-order valence-corrected chi connectivity index (χ2v) is 8.39. The van der Waals surface area contributed by atoms with Gasteiger partial charge in [0.1, 0.15) is 11.1 Å². The van der Waals surface area contributed by atoms with Crippen molar-refractivity contribution in [1.82, 2.24) is 0 Å². The summed E-state index contributed by atoms with van der Waals surface area (Å²) in [6.45, 7) is 9.71. The minimum absolute atomic E-state index is 0.323. The normalized spacial score (nSPS) is 14.2. The number of rotatable bonds is 8. The van der Waals surface area contributed by atoms with Crippen molar-refractivity contribution in [3.63, 3.8) is 0 Å². The Morgan fingerprint density at radius 1 is 0.844 bits per heavy atom. The van der Waals surface area contributed by atoms with Crippen LogP contribution in [0.15, 0.2) is 72.8 Å². The summed E-state index contributed by atoms with van der Waals surface area (Å²) in [5.41, 5.74) is 12.6. The zero-order chi connectivity index (χ0) is 24.4. The zero-order valence-electron chi connectivity index (χ0n) is 19.8. The Balaban J connectivity index is 0.000000320. The van der Waals surface area contributed by atoms with E-state index in [1.165, 1.54) is 14.2 Å². The smallest absolute Gasteiger partial charge is 0.330 e. The summed E-state index contributed by atoms with van der Waals surface area (Å²) in [7, 11) is 2.71. The highest BCUT2D eigenvalue weighted by atomic mass is 16.5. The first-order chi connectivity index (χ1) is 15.0. The van der Waals surface area contributed by atoms with Gasteiger partial charge in [-0.15, -0.1) is 6.58 Å². The standard InChI is InChI=1S/C13H19NO2.C13H17NO2/c2*1-10(2)9-13(14,12(15)16-3)11-7-5-4-6-8-11/h4-8,10H,9,14H2,1-3H3;4-8H,1,9,14H2,2-3H3. The van der Waals surface area contributed by atoms with Gasteiger partial charge in [0.05, 0.1) is 14.2 Å². The number of ether oxygens (including phenoxy) is 2. The number of nitrogens with two attached hydrogens (primary N) is 2. The van der Waals surface area contributed by atoms with Crippen LogP contribution >= 0.6 is 0 Å². The molecule has 6 nitrogen and oxygen atoms in total. The van der Waals surface area contributed by atoms with Crippen LogP contribution in [0.1, 0.15) is 44.7 Å². The number of hydrogen-bond acceptors (Lipinski definition) is 6. The molecule has 2 atom stereocenters. The van der Waals surface area contributed by atoms with Crippen molar-refractivity contribution in [1.29, 1.82) is 0 Å². The van der Waals surface area contributed by atoms with Crippen molar-refractivity contribution >= 4 is 11.9 Å². The van der Waals surface area contributed by atoms with Gasteiger partial charge in [0, 0.05) is 6.42 Å². The summed E-state index contributed by atoms with van der Waals surface area (Å²) in [5, 5.41) is 0. The molecule has 6 heteroatoms. The molecule has 0 saturated carbocycles. The van der Waals surface area contributed by atoms with E-state index in [0.29, 0.717) is 18.8 Å². The number of carbonyl (C=O) groups is 2. The molecule has 2 aromatic rings. The fourth-order valence-corrected chi connectivity index (χ4v) is 3.57. The highest BCUT2D eigenvalue weighted by Gasteiger charge is 2.38. The Kier molecular flexibility index (Phi) is 10.3. The van der Waals surface area contributed by atoms with Crippen LogP contribution in [0.3, 0.4) is 0 Å². The second-order valence-electron chi connectivity index (χ2n) is 8.39. The lowest BCUT2D eigenvalue weighted by Gasteiger charge is -2.28. The molecule has 0 spiro atoms. The van der Waals surface area contributed by atoms with Crippen molar-refractivity contribution in [3.8, 4) is 0 Å². The summed E-state index contributed by atoms with van der Waals surface area (Å²) >= 11 is 0. The first kappa shape index (κ1) is 27.1. The molecule has 2 unspecified atom stereocenters. The Morgan fingerprint density at radius 3 is 1.56 bits per heavy atom. The molecule has 0 radical (unpaired) electrons. The molecule has 0 aromatic heterocycles. The van der Waals surface area contributed by atoms with Crippen molar-refractivity contribution in [2.24, 2.45) is 17.4 Å². The summed E-state index contributed by atoms with van der Waals surface area (Å²) in [4.78, 5) is 23.6. The molecule has 174 valence electrons. The Hall–Kier alpha value is -2.96. The molecular weight excluding hydrogens is 404 g/mol. The lowest BCUT2D eigenvalue weighted by Crippen LogP contribution is -2.46. The Labute approximate surface area is 191 Å². The molecule has 0 aliphatic rings. The number of benzene rings is 2. The maximum Gasteiger partial charge on any atom is 0.330 e. The molecule has 32 heavy (non-hydrogen) atoms. The van der Waals surface area contributed by atoms with Gasteiger partial charge in [-0.25, -0.2) is 9.59 Å². The Bertz CT molecular complexity index is 883. The highest BCUT2D eigenvalue weighted by Crippen LogP contribution is 2.28. The second kappa shape index (κ2) is 12.2. The SMILES string of the molecule is C=C(C)CC(N)(C(=O)OC)c1ccccc1.COC(=O)C(N)(CC(C)C)c1ccccc1. The van der Waals surface area contributed by atoms with Gasteiger partial charge in [-0.2, -0.15) is 0 Å². The molecule has 0 fully saturated rings. The van der Waals surface area contributed by atoms with E-state index in [9.17, 15) is 9.59 Å². The third-order valence-electron chi connectivity index (χ3n) is 4.99. The van der Waals surface area contributed by atoms with E-state index in [1.807, 2.05) is 81.4 Å². The highest BCUT2D eigenvalue weighted by molar-refractivity contribution is 5.83. The predicted molar refractivity (Wildman–Crippen MR) is 128 cm³/mol. The summed E-state index contributed by atoms with van der Waals surface area (Å²) < 4.78 is 9.57. The van der Waals surface area contributed by atoms with Gasteiger partial charge < -0.3 is 20.9 Å². The van der Waals surface area contributed by atoms with E-state index >= 15 is 0 Å². The van der Waals surface area contributed by atoms with Gasteiger partial charge >= 0.3 is 11.9 Å². The zero-order valence-corrected chi connectivity index (χ0v) is 19.8. The molecule has 2 aromatic carbocycles. The lowest BCUT2D eigenvalue weighted by molar-refractivity contribution is -0.148. The van der Waals surface area contributed by atoms with Crippen molar-refractivity contribution in [3.05, 3.63) is 83.9 Å². The van der Waals surface area contributed by atoms with Gasteiger partial charge in [0.25, 0.3) is 0 Å². The van der Waals surface area contributed by atoms with Crippen LogP contribution in [0.2, 0.25) is 0 Å². The van der Waals surface area contributed by atoms with E-state index in [4.69, 9.17) is 20.9 Å². The summed E-state index contributed by atoms with van der Waals surface area (Å²) in [5.74, 6) is -0.501. The molecule has 0 aliphatic carbocycles. The van der Waals surface area contributed by atoms with Crippen LogP contribution in [0.25, 0.3) is 0 Å². The number of esters is 2. The fraction of sp³-hybridized carbons (Fsp3) is 0.385. The topological polar surface area (TPSA) is 105 Å².